The molecule has 88 valence electrons. The molecule has 16 heavy (non-hydrogen) atoms. The van der Waals surface area contributed by atoms with Crippen LogP contribution in [-0.2, 0) is 4.84 Å². The van der Waals surface area contributed by atoms with Gasteiger partial charge in [-0.1, -0.05) is 17.6 Å². The van der Waals surface area contributed by atoms with E-state index in [9.17, 15) is 0 Å². The lowest BCUT2D eigenvalue weighted by molar-refractivity contribution is 0.103. The average Bonchev–Trinajstić information content (AvgIpc) is 2.83. The van der Waals surface area contributed by atoms with Gasteiger partial charge in [-0.2, -0.15) is 0 Å². The number of oxime groups is 1. The number of nitrogens with zero attached hydrogens (tertiary/aromatic N) is 2. The molecule has 2 heterocycles. The van der Waals surface area contributed by atoms with Gasteiger partial charge in [-0.3, -0.25) is 4.90 Å². The Morgan fingerprint density at radius 3 is 3.00 bits per heavy atom. The maximum absolute atomic E-state index is 5.24. The summed E-state index contributed by atoms with van der Waals surface area (Å²) < 4.78 is 0. The van der Waals surface area contributed by atoms with Crippen LogP contribution in [0.5, 0.6) is 0 Å². The molecule has 0 atom stereocenters. The number of likely N-dealkylation sites (tertiary alicyclic amines) is 1. The average molecular weight is 238 g/mol. The summed E-state index contributed by atoms with van der Waals surface area (Å²) in [7, 11) is 0. The maximum atomic E-state index is 5.24. The summed E-state index contributed by atoms with van der Waals surface area (Å²) in [5, 5.41) is 5.99. The molecular weight excluding hydrogens is 220 g/mol. The Morgan fingerprint density at radius 1 is 1.38 bits per heavy atom. The third-order valence-corrected chi connectivity index (χ3v) is 3.55. The molecule has 1 fully saturated rings. The second-order valence-corrected chi connectivity index (χ2v) is 4.96. The second kappa shape index (κ2) is 6.66. The van der Waals surface area contributed by atoms with Crippen LogP contribution in [0.3, 0.4) is 0 Å². The Hall–Kier alpha value is -0.870. The molecule has 1 aliphatic rings. The van der Waals surface area contributed by atoms with Gasteiger partial charge in [0.1, 0.15) is 6.61 Å². The van der Waals surface area contributed by atoms with Crippen molar-refractivity contribution in [1.82, 2.24) is 4.90 Å². The van der Waals surface area contributed by atoms with Gasteiger partial charge in [-0.15, -0.1) is 11.3 Å². The highest BCUT2D eigenvalue weighted by Gasteiger charge is 2.08. The van der Waals surface area contributed by atoms with Gasteiger partial charge >= 0.3 is 0 Å². The number of rotatable bonds is 5. The lowest BCUT2D eigenvalue weighted by Crippen LogP contribution is -2.32. The largest absolute Gasteiger partial charge is 0.394 e. The van der Waals surface area contributed by atoms with Crippen LogP contribution in [0.15, 0.2) is 22.7 Å². The number of thiophene rings is 1. The van der Waals surface area contributed by atoms with Crippen molar-refractivity contribution in [2.75, 3.05) is 26.2 Å². The molecule has 1 aromatic rings. The zero-order valence-corrected chi connectivity index (χ0v) is 10.3. The third kappa shape index (κ3) is 3.94. The molecule has 0 aromatic carbocycles. The molecule has 1 saturated heterocycles. The zero-order chi connectivity index (χ0) is 11.1. The van der Waals surface area contributed by atoms with Gasteiger partial charge < -0.3 is 4.84 Å². The highest BCUT2D eigenvalue weighted by atomic mass is 32.1. The van der Waals surface area contributed by atoms with Gasteiger partial charge in [-0.25, -0.2) is 0 Å². The van der Waals surface area contributed by atoms with Crippen LogP contribution in [0.25, 0.3) is 0 Å². The van der Waals surface area contributed by atoms with Crippen molar-refractivity contribution in [2.24, 2.45) is 5.16 Å². The van der Waals surface area contributed by atoms with Crippen molar-refractivity contribution in [3.63, 3.8) is 0 Å². The van der Waals surface area contributed by atoms with Crippen LogP contribution in [0, 0.1) is 0 Å². The van der Waals surface area contributed by atoms with Gasteiger partial charge in [0.2, 0.25) is 0 Å². The lowest BCUT2D eigenvalue weighted by atomic mass is 10.1. The molecular formula is C12H18N2OS. The number of hydrogen-bond donors (Lipinski definition) is 0. The van der Waals surface area contributed by atoms with Crippen molar-refractivity contribution in [2.45, 2.75) is 19.3 Å². The van der Waals surface area contributed by atoms with Gasteiger partial charge in [0.25, 0.3) is 0 Å². The molecule has 0 saturated carbocycles. The summed E-state index contributed by atoms with van der Waals surface area (Å²) in [4.78, 5) is 8.83. The SMILES string of the molecule is C(=N\OCCN1CCCCC1)/c1cccs1. The Morgan fingerprint density at radius 2 is 2.25 bits per heavy atom. The van der Waals surface area contributed by atoms with E-state index in [4.69, 9.17) is 4.84 Å². The number of hydrogen-bond acceptors (Lipinski definition) is 4. The van der Waals surface area contributed by atoms with Crippen molar-refractivity contribution in [3.8, 4) is 0 Å². The summed E-state index contributed by atoms with van der Waals surface area (Å²) in [6.45, 7) is 4.14. The highest BCUT2D eigenvalue weighted by molar-refractivity contribution is 7.11. The normalized spacial score (nSPS) is 18.0. The van der Waals surface area contributed by atoms with Crippen LogP contribution in [-0.4, -0.2) is 37.4 Å². The van der Waals surface area contributed by atoms with Crippen molar-refractivity contribution in [1.29, 1.82) is 0 Å². The molecule has 0 unspecified atom stereocenters. The van der Waals surface area contributed by atoms with Crippen LogP contribution in [0.2, 0.25) is 0 Å². The molecule has 0 radical (unpaired) electrons. The van der Waals surface area contributed by atoms with E-state index in [0.717, 1.165) is 11.4 Å². The minimum atomic E-state index is 0.696. The Bertz CT molecular complexity index is 305. The van der Waals surface area contributed by atoms with Gasteiger partial charge in [0.15, 0.2) is 0 Å². The van der Waals surface area contributed by atoms with E-state index in [1.807, 2.05) is 17.5 Å². The smallest absolute Gasteiger partial charge is 0.129 e. The van der Waals surface area contributed by atoms with Crippen LogP contribution in [0.1, 0.15) is 24.1 Å². The van der Waals surface area contributed by atoms with E-state index in [2.05, 4.69) is 10.1 Å². The van der Waals surface area contributed by atoms with Gasteiger partial charge in [0, 0.05) is 11.4 Å². The highest BCUT2D eigenvalue weighted by Crippen LogP contribution is 2.08. The van der Waals surface area contributed by atoms with Gasteiger partial charge in [-0.05, 0) is 37.4 Å². The fraction of sp³-hybridized carbons (Fsp3) is 0.583. The molecule has 1 aliphatic heterocycles. The first-order valence-electron chi connectivity index (χ1n) is 5.86. The Labute approximate surface area is 101 Å². The molecule has 3 nitrogen and oxygen atoms in total. The predicted molar refractivity (Wildman–Crippen MR) is 68.2 cm³/mol. The lowest BCUT2D eigenvalue weighted by Gasteiger charge is -2.25. The van der Waals surface area contributed by atoms with Crippen molar-refractivity contribution >= 4 is 17.6 Å². The Kier molecular flexibility index (Phi) is 4.83. The monoisotopic (exact) mass is 238 g/mol. The topological polar surface area (TPSA) is 24.8 Å². The van der Waals surface area contributed by atoms with E-state index in [0.29, 0.717) is 6.61 Å². The van der Waals surface area contributed by atoms with E-state index >= 15 is 0 Å². The predicted octanol–water partition coefficient (Wildman–Crippen LogP) is 2.58. The molecule has 0 bridgehead atoms. The minimum absolute atomic E-state index is 0.696. The summed E-state index contributed by atoms with van der Waals surface area (Å²) in [5.41, 5.74) is 0. The molecule has 0 N–H and O–H groups in total. The number of piperidine rings is 1. The van der Waals surface area contributed by atoms with Crippen LogP contribution in [0.4, 0.5) is 0 Å². The second-order valence-electron chi connectivity index (χ2n) is 3.99. The molecule has 4 heteroatoms. The first-order chi connectivity index (χ1) is 7.95. The van der Waals surface area contributed by atoms with Crippen molar-refractivity contribution < 1.29 is 4.84 Å². The first-order valence-corrected chi connectivity index (χ1v) is 6.74. The quantitative estimate of drug-likeness (QED) is 0.447. The molecule has 0 amide bonds. The Balaban J connectivity index is 1.57. The van der Waals surface area contributed by atoms with Crippen LogP contribution >= 0.6 is 11.3 Å². The van der Waals surface area contributed by atoms with E-state index < -0.39 is 0 Å². The minimum Gasteiger partial charge on any atom is -0.394 e. The molecule has 0 spiro atoms. The standard InChI is InChI=1S/C12H18N2OS/c1-2-6-14(7-3-1)8-9-15-13-11-12-5-4-10-16-12/h4-5,10-11H,1-3,6-9H2/b13-11+. The van der Waals surface area contributed by atoms with Gasteiger partial charge in [0.05, 0.1) is 6.21 Å². The zero-order valence-electron chi connectivity index (χ0n) is 9.47. The fourth-order valence-electron chi connectivity index (χ4n) is 1.86. The van der Waals surface area contributed by atoms with Crippen LogP contribution < -0.4 is 0 Å². The molecule has 0 aliphatic carbocycles. The molecule has 2 rings (SSSR count). The fourth-order valence-corrected chi connectivity index (χ4v) is 2.43. The van der Waals surface area contributed by atoms with E-state index in [1.165, 1.54) is 32.4 Å². The summed E-state index contributed by atoms with van der Waals surface area (Å²) in [6, 6.07) is 4.04. The first kappa shape index (κ1) is 11.6. The van der Waals surface area contributed by atoms with E-state index in [-0.39, 0.29) is 0 Å². The summed E-state index contributed by atoms with van der Waals surface area (Å²) >= 11 is 1.67. The van der Waals surface area contributed by atoms with Crippen molar-refractivity contribution in [3.05, 3.63) is 22.4 Å². The summed E-state index contributed by atoms with van der Waals surface area (Å²) in [6.07, 6.45) is 5.83. The van der Waals surface area contributed by atoms with E-state index in [1.54, 1.807) is 17.6 Å². The summed E-state index contributed by atoms with van der Waals surface area (Å²) in [5.74, 6) is 0. The molecule has 1 aromatic heterocycles. The third-order valence-electron chi connectivity index (χ3n) is 2.75. The maximum Gasteiger partial charge on any atom is 0.129 e.